The molecule has 0 aliphatic rings. The van der Waals surface area contributed by atoms with Crippen molar-refractivity contribution < 1.29 is 15.0 Å². The molecular weight excluding hydrogens is 218 g/mol. The van der Waals surface area contributed by atoms with Crippen molar-refractivity contribution in [3.8, 4) is 5.75 Å². The predicted molar refractivity (Wildman–Crippen MR) is 66.2 cm³/mol. The molecule has 0 unspecified atom stereocenters. The van der Waals surface area contributed by atoms with Gasteiger partial charge in [0.25, 0.3) is 0 Å². The van der Waals surface area contributed by atoms with Gasteiger partial charge in [-0.05, 0) is 31.9 Å². The number of hydrogen-bond acceptors (Lipinski definition) is 3. The largest absolute Gasteiger partial charge is 0.507 e. The average molecular weight is 235 g/mol. The lowest BCUT2D eigenvalue weighted by Crippen LogP contribution is -2.16. The van der Waals surface area contributed by atoms with Crippen LogP contribution in [0.3, 0.4) is 0 Å². The fraction of sp³-hybridized carbons (Fsp3) is 0.308. The van der Waals surface area contributed by atoms with Gasteiger partial charge in [0.15, 0.2) is 0 Å². The third-order valence-corrected chi connectivity index (χ3v) is 2.59. The van der Waals surface area contributed by atoms with Gasteiger partial charge in [-0.2, -0.15) is 0 Å². The van der Waals surface area contributed by atoms with Crippen molar-refractivity contribution in [3.05, 3.63) is 41.0 Å². The summed E-state index contributed by atoms with van der Waals surface area (Å²) < 4.78 is 0. The summed E-state index contributed by atoms with van der Waals surface area (Å²) >= 11 is 0. The van der Waals surface area contributed by atoms with Crippen molar-refractivity contribution in [1.29, 1.82) is 0 Å². The number of aromatic hydroxyl groups is 1. The lowest BCUT2D eigenvalue weighted by Gasteiger charge is -2.17. The number of carbonyl (C=O) groups is 1. The molecule has 4 heteroatoms. The molecule has 0 spiro atoms. The summed E-state index contributed by atoms with van der Waals surface area (Å²) in [6, 6.07) is 2.47. The van der Waals surface area contributed by atoms with Crippen molar-refractivity contribution in [2.45, 2.75) is 26.3 Å². The van der Waals surface area contributed by atoms with Gasteiger partial charge in [0.1, 0.15) is 5.75 Å². The summed E-state index contributed by atoms with van der Waals surface area (Å²) in [7, 11) is 0. The van der Waals surface area contributed by atoms with E-state index in [-0.39, 0.29) is 16.9 Å². The molecule has 17 heavy (non-hydrogen) atoms. The van der Waals surface area contributed by atoms with E-state index >= 15 is 0 Å². The zero-order chi connectivity index (χ0) is 13.2. The Hall–Kier alpha value is -1.81. The van der Waals surface area contributed by atoms with Crippen molar-refractivity contribution in [3.63, 3.8) is 0 Å². The van der Waals surface area contributed by atoms with Gasteiger partial charge in [0, 0.05) is 11.6 Å². The molecule has 0 radical (unpaired) electrons. The smallest absolute Gasteiger partial charge is 0.336 e. The SMILES string of the molecule is C=C(C)C[C@H](N)c1c(C(=O)O)ccc(C)c1O. The van der Waals surface area contributed by atoms with Crippen LogP contribution in [0.1, 0.15) is 40.9 Å². The molecular formula is C13H17NO3. The Morgan fingerprint density at radius 3 is 2.59 bits per heavy atom. The highest BCUT2D eigenvalue weighted by Crippen LogP contribution is 2.32. The quantitative estimate of drug-likeness (QED) is 0.699. The Bertz CT molecular complexity index is 466. The molecule has 0 aliphatic heterocycles. The molecule has 1 aromatic rings. The van der Waals surface area contributed by atoms with Gasteiger partial charge in [-0.3, -0.25) is 0 Å². The summed E-state index contributed by atoms with van der Waals surface area (Å²) in [5, 5.41) is 19.0. The number of benzene rings is 1. The van der Waals surface area contributed by atoms with E-state index in [4.69, 9.17) is 10.8 Å². The third kappa shape index (κ3) is 2.85. The van der Waals surface area contributed by atoms with Crippen LogP contribution in [0.15, 0.2) is 24.3 Å². The monoisotopic (exact) mass is 235 g/mol. The highest BCUT2D eigenvalue weighted by Gasteiger charge is 2.21. The standard InChI is InChI=1S/C13H17NO3/c1-7(2)6-10(14)11-9(13(16)17)5-4-8(3)12(11)15/h4-5,10,15H,1,6,14H2,2-3H3,(H,16,17)/t10-/m0/s1. The molecule has 1 aromatic carbocycles. The molecule has 0 fully saturated rings. The summed E-state index contributed by atoms with van der Waals surface area (Å²) in [5.74, 6) is -1.13. The fourth-order valence-corrected chi connectivity index (χ4v) is 1.76. The summed E-state index contributed by atoms with van der Waals surface area (Å²) in [5.41, 5.74) is 7.70. The summed E-state index contributed by atoms with van der Waals surface area (Å²) in [4.78, 5) is 11.1. The second-order valence-electron chi connectivity index (χ2n) is 4.27. The number of hydrogen-bond donors (Lipinski definition) is 3. The first-order valence-electron chi connectivity index (χ1n) is 5.30. The van der Waals surface area contributed by atoms with Crippen LogP contribution in [-0.2, 0) is 0 Å². The predicted octanol–water partition coefficient (Wildman–Crippen LogP) is 2.36. The Morgan fingerprint density at radius 2 is 2.12 bits per heavy atom. The van der Waals surface area contributed by atoms with Crippen LogP contribution in [0.25, 0.3) is 0 Å². The average Bonchev–Trinajstić information content (AvgIpc) is 2.20. The van der Waals surface area contributed by atoms with Crippen molar-refractivity contribution in [2.24, 2.45) is 5.73 Å². The molecule has 0 heterocycles. The van der Waals surface area contributed by atoms with Gasteiger partial charge >= 0.3 is 5.97 Å². The van der Waals surface area contributed by atoms with Crippen molar-refractivity contribution in [1.82, 2.24) is 0 Å². The van der Waals surface area contributed by atoms with Crippen LogP contribution in [0.5, 0.6) is 5.75 Å². The van der Waals surface area contributed by atoms with Gasteiger partial charge < -0.3 is 15.9 Å². The third-order valence-electron chi connectivity index (χ3n) is 2.59. The summed E-state index contributed by atoms with van der Waals surface area (Å²) in [6.07, 6.45) is 0.442. The normalized spacial score (nSPS) is 12.2. The van der Waals surface area contributed by atoms with Gasteiger partial charge in [0.05, 0.1) is 5.56 Å². The number of aryl methyl sites for hydroxylation is 1. The number of nitrogens with two attached hydrogens (primary N) is 1. The minimum absolute atomic E-state index is 0.0429. The molecule has 0 aromatic heterocycles. The minimum atomic E-state index is -1.09. The first-order valence-corrected chi connectivity index (χ1v) is 5.30. The maximum Gasteiger partial charge on any atom is 0.336 e. The van der Waals surface area contributed by atoms with E-state index in [1.807, 2.05) is 6.92 Å². The number of aromatic carboxylic acids is 1. The summed E-state index contributed by atoms with van der Waals surface area (Å²) in [6.45, 7) is 7.26. The molecule has 0 bridgehead atoms. The van der Waals surface area contributed by atoms with Gasteiger partial charge in [-0.1, -0.05) is 11.6 Å². The number of phenolic OH excluding ortho intramolecular Hbond substituents is 1. The van der Waals surface area contributed by atoms with Gasteiger partial charge in [-0.25, -0.2) is 4.79 Å². The number of carboxylic acid groups (broad SMARTS) is 1. The van der Waals surface area contributed by atoms with Crippen LogP contribution in [0.2, 0.25) is 0 Å². The van der Waals surface area contributed by atoms with E-state index < -0.39 is 12.0 Å². The topological polar surface area (TPSA) is 83.6 Å². The van der Waals surface area contributed by atoms with Crippen LogP contribution >= 0.6 is 0 Å². The highest BCUT2D eigenvalue weighted by molar-refractivity contribution is 5.90. The number of rotatable bonds is 4. The van der Waals surface area contributed by atoms with Crippen molar-refractivity contribution >= 4 is 5.97 Å². The lowest BCUT2D eigenvalue weighted by atomic mass is 9.93. The molecule has 4 N–H and O–H groups in total. The fourth-order valence-electron chi connectivity index (χ4n) is 1.76. The van der Waals surface area contributed by atoms with Crippen molar-refractivity contribution in [2.75, 3.05) is 0 Å². The van der Waals surface area contributed by atoms with Gasteiger partial charge in [-0.15, -0.1) is 6.58 Å². The maximum absolute atomic E-state index is 11.1. The molecule has 1 atom stereocenters. The van der Waals surface area contributed by atoms with E-state index in [1.54, 1.807) is 13.0 Å². The zero-order valence-electron chi connectivity index (χ0n) is 10.0. The zero-order valence-corrected chi connectivity index (χ0v) is 10.0. The molecule has 92 valence electrons. The Morgan fingerprint density at radius 1 is 1.53 bits per heavy atom. The molecule has 0 amide bonds. The number of carboxylic acids is 1. The molecule has 4 nitrogen and oxygen atoms in total. The lowest BCUT2D eigenvalue weighted by molar-refractivity contribution is 0.0694. The number of phenols is 1. The van der Waals surface area contributed by atoms with E-state index in [9.17, 15) is 9.90 Å². The van der Waals surface area contributed by atoms with E-state index in [0.717, 1.165) is 5.57 Å². The molecule has 0 saturated heterocycles. The van der Waals surface area contributed by atoms with Crippen LogP contribution in [0.4, 0.5) is 0 Å². The first kappa shape index (κ1) is 13.3. The van der Waals surface area contributed by atoms with E-state index in [0.29, 0.717) is 12.0 Å². The second kappa shape index (κ2) is 5.01. The van der Waals surface area contributed by atoms with Crippen LogP contribution in [0, 0.1) is 6.92 Å². The van der Waals surface area contributed by atoms with E-state index in [1.165, 1.54) is 6.07 Å². The molecule has 1 rings (SSSR count). The Kier molecular flexibility index (Phi) is 3.91. The molecule has 0 aliphatic carbocycles. The Balaban J connectivity index is 3.32. The first-order chi connectivity index (χ1) is 7.84. The molecule has 0 saturated carbocycles. The van der Waals surface area contributed by atoms with Gasteiger partial charge in [0.2, 0.25) is 0 Å². The Labute approximate surface area is 100 Å². The van der Waals surface area contributed by atoms with Crippen LogP contribution < -0.4 is 5.73 Å². The maximum atomic E-state index is 11.1. The van der Waals surface area contributed by atoms with E-state index in [2.05, 4.69) is 6.58 Å². The minimum Gasteiger partial charge on any atom is -0.507 e. The van der Waals surface area contributed by atoms with Crippen LogP contribution in [-0.4, -0.2) is 16.2 Å². The highest BCUT2D eigenvalue weighted by atomic mass is 16.4. The second-order valence-corrected chi connectivity index (χ2v) is 4.27.